The molecule has 4 nitrogen and oxygen atoms in total. The van der Waals surface area contributed by atoms with Crippen molar-refractivity contribution in [1.82, 2.24) is 0 Å². The van der Waals surface area contributed by atoms with E-state index >= 15 is 0 Å². The van der Waals surface area contributed by atoms with Crippen LogP contribution in [-0.2, 0) is 4.79 Å². The molecule has 0 unspecified atom stereocenters. The number of hydrogen-bond donors (Lipinski definition) is 1. The lowest BCUT2D eigenvalue weighted by Crippen LogP contribution is -2.29. The Hall–Kier alpha value is -3.40. The Morgan fingerprint density at radius 1 is 0.808 bits per heavy atom. The highest BCUT2D eigenvalue weighted by atomic mass is 16.2. The molecule has 0 aromatic heterocycles. The van der Waals surface area contributed by atoms with Crippen molar-refractivity contribution in [2.75, 3.05) is 10.3 Å². The first-order valence-electron chi connectivity index (χ1n) is 8.64. The second-order valence-corrected chi connectivity index (χ2v) is 6.18. The van der Waals surface area contributed by atoms with E-state index in [-0.39, 0.29) is 11.9 Å². The van der Waals surface area contributed by atoms with Gasteiger partial charge in [0.25, 0.3) is 5.91 Å². The maximum atomic E-state index is 13.1. The minimum Gasteiger partial charge on any atom is -0.299 e. The van der Waals surface area contributed by atoms with Crippen LogP contribution in [0, 0.1) is 0 Å². The van der Waals surface area contributed by atoms with Crippen LogP contribution in [0.2, 0.25) is 0 Å². The highest BCUT2D eigenvalue weighted by Crippen LogP contribution is 2.35. The molecule has 1 aliphatic heterocycles. The topological polar surface area (TPSA) is 44.7 Å². The molecule has 0 aliphatic carbocycles. The number of nitrogens with zero attached hydrogens (tertiary/aromatic N) is 2. The van der Waals surface area contributed by atoms with Crippen molar-refractivity contribution >= 4 is 23.0 Å². The zero-order chi connectivity index (χ0) is 17.8. The van der Waals surface area contributed by atoms with Crippen molar-refractivity contribution in [3.8, 4) is 0 Å². The fraction of sp³-hybridized carbons (Fsp3) is 0.0909. The van der Waals surface area contributed by atoms with Crippen molar-refractivity contribution in [3.05, 3.63) is 96.6 Å². The molecule has 26 heavy (non-hydrogen) atoms. The number of hydrazone groups is 1. The summed E-state index contributed by atoms with van der Waals surface area (Å²) in [5, 5.41) is 4.40. The van der Waals surface area contributed by atoms with Crippen molar-refractivity contribution in [2.45, 2.75) is 12.5 Å². The van der Waals surface area contributed by atoms with Crippen LogP contribution < -0.4 is 10.3 Å². The smallest absolute Gasteiger partial charge is 0.275 e. The molecule has 1 aliphatic rings. The average molecular weight is 341 g/mol. The molecule has 1 N–H and O–H groups in total. The third-order valence-electron chi connectivity index (χ3n) is 4.48. The van der Waals surface area contributed by atoms with E-state index in [1.165, 1.54) is 0 Å². The number of carbonyl (C=O) groups is 1. The normalized spacial score (nSPS) is 18.3. The van der Waals surface area contributed by atoms with Gasteiger partial charge >= 0.3 is 0 Å². The predicted molar refractivity (Wildman–Crippen MR) is 105 cm³/mol. The van der Waals surface area contributed by atoms with Crippen molar-refractivity contribution in [1.29, 1.82) is 0 Å². The lowest BCUT2D eigenvalue weighted by Gasteiger charge is -2.24. The Labute approximate surface area is 152 Å². The third-order valence-corrected chi connectivity index (χ3v) is 4.48. The zero-order valence-electron chi connectivity index (χ0n) is 14.2. The number of benzene rings is 3. The summed E-state index contributed by atoms with van der Waals surface area (Å²) < 4.78 is 0. The van der Waals surface area contributed by atoms with Gasteiger partial charge in [-0.3, -0.25) is 15.1 Å². The van der Waals surface area contributed by atoms with Crippen molar-refractivity contribution < 1.29 is 4.79 Å². The van der Waals surface area contributed by atoms with Gasteiger partial charge in [-0.15, -0.1) is 0 Å². The maximum Gasteiger partial charge on any atom is 0.275 e. The molecule has 0 saturated carbocycles. The van der Waals surface area contributed by atoms with Crippen LogP contribution in [0.5, 0.6) is 0 Å². The summed E-state index contributed by atoms with van der Waals surface area (Å²) in [6, 6.07) is 29.5. The van der Waals surface area contributed by atoms with Crippen molar-refractivity contribution in [2.24, 2.45) is 5.10 Å². The molecule has 3 aromatic carbocycles. The maximum absolute atomic E-state index is 13.1. The Morgan fingerprint density at radius 2 is 1.38 bits per heavy atom. The van der Waals surface area contributed by atoms with Gasteiger partial charge in [-0.25, -0.2) is 0 Å². The van der Waals surface area contributed by atoms with Gasteiger partial charge < -0.3 is 0 Å². The molecule has 1 amide bonds. The number of amides is 1. The average Bonchev–Trinajstić information content (AvgIpc) is 3.05. The fourth-order valence-corrected chi connectivity index (χ4v) is 3.21. The van der Waals surface area contributed by atoms with E-state index in [1.54, 1.807) is 0 Å². The van der Waals surface area contributed by atoms with E-state index in [0.29, 0.717) is 12.1 Å². The molecule has 1 saturated heterocycles. The van der Waals surface area contributed by atoms with Gasteiger partial charge in [0, 0.05) is 12.1 Å². The Bertz CT molecular complexity index is 908. The van der Waals surface area contributed by atoms with E-state index in [2.05, 4.69) is 22.7 Å². The molecule has 4 heteroatoms. The van der Waals surface area contributed by atoms with Gasteiger partial charge in [0.15, 0.2) is 0 Å². The number of carbonyl (C=O) groups excluding carboxylic acids is 1. The van der Waals surface area contributed by atoms with E-state index in [1.807, 2.05) is 83.8 Å². The summed E-state index contributed by atoms with van der Waals surface area (Å²) in [7, 11) is 0. The number of para-hydroxylation sites is 2. The molecule has 0 radical (unpaired) electrons. The zero-order valence-corrected chi connectivity index (χ0v) is 14.2. The van der Waals surface area contributed by atoms with Crippen LogP contribution >= 0.6 is 0 Å². The molecular formula is C22H19N3O. The molecular weight excluding hydrogens is 322 g/mol. The van der Waals surface area contributed by atoms with Crippen LogP contribution in [0.25, 0.3) is 0 Å². The van der Waals surface area contributed by atoms with Crippen LogP contribution in [0.15, 0.2) is 96.1 Å². The first-order chi connectivity index (χ1) is 12.8. The van der Waals surface area contributed by atoms with Gasteiger partial charge in [-0.2, -0.15) is 5.10 Å². The van der Waals surface area contributed by atoms with E-state index < -0.39 is 0 Å². The van der Waals surface area contributed by atoms with Gasteiger partial charge in [0.05, 0.1) is 11.7 Å². The first kappa shape index (κ1) is 16.1. The van der Waals surface area contributed by atoms with Crippen LogP contribution in [0.3, 0.4) is 0 Å². The predicted octanol–water partition coefficient (Wildman–Crippen LogP) is 4.63. The lowest BCUT2D eigenvalue weighted by atomic mass is 10.0. The summed E-state index contributed by atoms with van der Waals surface area (Å²) >= 11 is 0. The first-order valence-corrected chi connectivity index (χ1v) is 8.64. The van der Waals surface area contributed by atoms with Crippen LogP contribution in [0.1, 0.15) is 18.0 Å². The van der Waals surface area contributed by atoms with E-state index in [0.717, 1.165) is 16.9 Å². The molecule has 1 atom stereocenters. The summed E-state index contributed by atoms with van der Waals surface area (Å²) in [4.78, 5) is 14.9. The standard InChI is InChI=1S/C22H19N3O/c26-22-20(24-23-18-12-6-2-7-13-18)16-21(17-10-4-1-5-11-17)25(22)19-14-8-3-9-15-19/h1-15,21,23H,16H2/b24-20-/t21-/m1/s1. The second-order valence-electron chi connectivity index (χ2n) is 6.18. The van der Waals surface area contributed by atoms with Gasteiger partial charge in [-0.05, 0) is 29.8 Å². The fourth-order valence-electron chi connectivity index (χ4n) is 3.21. The number of hydrogen-bond acceptors (Lipinski definition) is 3. The molecule has 0 spiro atoms. The second kappa shape index (κ2) is 7.23. The highest BCUT2D eigenvalue weighted by Gasteiger charge is 2.38. The minimum absolute atomic E-state index is 0.0533. The highest BCUT2D eigenvalue weighted by molar-refractivity contribution is 6.46. The van der Waals surface area contributed by atoms with Crippen LogP contribution in [-0.4, -0.2) is 11.6 Å². The molecule has 128 valence electrons. The van der Waals surface area contributed by atoms with Gasteiger partial charge in [0.1, 0.15) is 5.71 Å². The molecule has 1 heterocycles. The largest absolute Gasteiger partial charge is 0.299 e. The molecule has 3 aromatic rings. The third kappa shape index (κ3) is 3.22. The number of anilines is 2. The summed E-state index contributed by atoms with van der Waals surface area (Å²) in [5.41, 5.74) is 6.39. The summed E-state index contributed by atoms with van der Waals surface area (Å²) in [5.74, 6) is -0.0616. The Morgan fingerprint density at radius 3 is 2.04 bits per heavy atom. The van der Waals surface area contributed by atoms with Gasteiger partial charge in [0.2, 0.25) is 0 Å². The van der Waals surface area contributed by atoms with E-state index in [4.69, 9.17) is 0 Å². The van der Waals surface area contributed by atoms with Crippen LogP contribution in [0.4, 0.5) is 11.4 Å². The quantitative estimate of drug-likeness (QED) is 0.703. The SMILES string of the molecule is O=C1/C(=N\Nc2ccccc2)C[C@H](c2ccccc2)N1c1ccccc1. The van der Waals surface area contributed by atoms with Gasteiger partial charge in [-0.1, -0.05) is 66.7 Å². The molecule has 4 rings (SSSR count). The summed E-state index contributed by atoms with van der Waals surface area (Å²) in [6.07, 6.45) is 0.567. The summed E-state index contributed by atoms with van der Waals surface area (Å²) in [6.45, 7) is 0. The Kier molecular flexibility index (Phi) is 4.48. The minimum atomic E-state index is -0.0616. The van der Waals surface area contributed by atoms with E-state index in [9.17, 15) is 4.79 Å². The molecule has 1 fully saturated rings. The van der Waals surface area contributed by atoms with Crippen molar-refractivity contribution in [3.63, 3.8) is 0 Å². The Balaban J connectivity index is 1.67. The molecule has 0 bridgehead atoms. The lowest BCUT2D eigenvalue weighted by molar-refractivity contribution is -0.112. The number of nitrogens with one attached hydrogen (secondary N) is 1. The monoisotopic (exact) mass is 341 g/mol. The number of rotatable bonds is 4.